The zero-order valence-electron chi connectivity index (χ0n) is 10.0. The minimum atomic E-state index is -0.0544. The van der Waals surface area contributed by atoms with Crippen LogP contribution in [0, 0.1) is 0 Å². The molecule has 0 saturated heterocycles. The maximum Gasteiger partial charge on any atom is 0.149 e. The second-order valence-electron chi connectivity index (χ2n) is 4.00. The van der Waals surface area contributed by atoms with Crippen LogP contribution in [0.25, 0.3) is 0 Å². The quantitative estimate of drug-likeness (QED) is 0.787. The highest BCUT2D eigenvalue weighted by molar-refractivity contribution is 6.31. The van der Waals surface area contributed by atoms with E-state index in [1.165, 1.54) is 0 Å². The van der Waals surface area contributed by atoms with Crippen LogP contribution in [-0.2, 0) is 11.3 Å². The Kier molecular flexibility index (Phi) is 4.97. The summed E-state index contributed by atoms with van der Waals surface area (Å²) in [5.41, 5.74) is 1.06. The zero-order valence-corrected chi connectivity index (χ0v) is 10.8. The topological polar surface area (TPSA) is 20.3 Å². The monoisotopic (exact) mass is 239 g/mol. The predicted molar refractivity (Wildman–Crippen MR) is 67.7 cm³/mol. The molecule has 0 radical (unpaired) electrons. The van der Waals surface area contributed by atoms with Crippen molar-refractivity contribution in [2.75, 3.05) is 7.05 Å². The normalized spacial score (nSPS) is 12.8. The molecule has 88 valence electrons. The van der Waals surface area contributed by atoms with E-state index >= 15 is 0 Å². The summed E-state index contributed by atoms with van der Waals surface area (Å²) < 4.78 is 0. The second kappa shape index (κ2) is 6.02. The van der Waals surface area contributed by atoms with Crippen LogP contribution >= 0.6 is 11.6 Å². The van der Waals surface area contributed by atoms with E-state index in [1.807, 2.05) is 50.1 Å². The van der Waals surface area contributed by atoms with E-state index < -0.39 is 0 Å². The molecule has 0 amide bonds. The number of Topliss-reactive ketones (excluding diaryl/α,β-unsaturated/α-hetero) is 1. The lowest BCUT2D eigenvalue weighted by Crippen LogP contribution is -2.35. The minimum absolute atomic E-state index is 0.0544. The molecule has 0 aliphatic carbocycles. The molecule has 0 saturated carbocycles. The lowest BCUT2D eigenvalue weighted by Gasteiger charge is -2.23. The van der Waals surface area contributed by atoms with E-state index in [4.69, 9.17) is 11.6 Å². The van der Waals surface area contributed by atoms with Crippen LogP contribution < -0.4 is 0 Å². The van der Waals surface area contributed by atoms with Gasteiger partial charge < -0.3 is 0 Å². The SMILES string of the molecule is CCC(=O)C(C)N(C)Cc1ccccc1Cl. The number of rotatable bonds is 5. The van der Waals surface area contributed by atoms with Crippen LogP contribution in [0.15, 0.2) is 24.3 Å². The molecule has 0 fully saturated rings. The summed E-state index contributed by atoms with van der Waals surface area (Å²) in [5.74, 6) is 0.259. The van der Waals surface area contributed by atoms with Gasteiger partial charge >= 0.3 is 0 Å². The fourth-order valence-corrected chi connectivity index (χ4v) is 1.77. The molecule has 1 aromatic rings. The van der Waals surface area contributed by atoms with E-state index in [1.54, 1.807) is 0 Å². The zero-order chi connectivity index (χ0) is 12.1. The minimum Gasteiger partial charge on any atom is -0.298 e. The molecule has 0 heterocycles. The van der Waals surface area contributed by atoms with Gasteiger partial charge in [0, 0.05) is 18.0 Å². The molecule has 1 rings (SSSR count). The number of carbonyl (C=O) groups excluding carboxylic acids is 1. The van der Waals surface area contributed by atoms with Crippen molar-refractivity contribution in [2.45, 2.75) is 32.9 Å². The van der Waals surface area contributed by atoms with Crippen LogP contribution in [-0.4, -0.2) is 23.8 Å². The average Bonchev–Trinajstić information content (AvgIpc) is 2.30. The number of ketones is 1. The smallest absolute Gasteiger partial charge is 0.149 e. The third kappa shape index (κ3) is 3.32. The maximum absolute atomic E-state index is 11.6. The first kappa shape index (κ1) is 13.2. The summed E-state index contributed by atoms with van der Waals surface area (Å²) in [4.78, 5) is 13.6. The van der Waals surface area contributed by atoms with Gasteiger partial charge in [0.25, 0.3) is 0 Å². The first-order chi connectivity index (χ1) is 7.56. The van der Waals surface area contributed by atoms with E-state index in [0.29, 0.717) is 13.0 Å². The Morgan fingerprint density at radius 2 is 2.06 bits per heavy atom. The first-order valence-electron chi connectivity index (χ1n) is 5.52. The van der Waals surface area contributed by atoms with Crippen molar-refractivity contribution in [3.63, 3.8) is 0 Å². The van der Waals surface area contributed by atoms with Gasteiger partial charge in [-0.2, -0.15) is 0 Å². The number of nitrogens with zero attached hydrogens (tertiary/aromatic N) is 1. The fraction of sp³-hybridized carbons (Fsp3) is 0.462. The number of carbonyl (C=O) groups is 1. The van der Waals surface area contributed by atoms with Gasteiger partial charge in [0.15, 0.2) is 0 Å². The summed E-state index contributed by atoms with van der Waals surface area (Å²) >= 11 is 6.07. The summed E-state index contributed by atoms with van der Waals surface area (Å²) in [6, 6.07) is 7.67. The number of hydrogen-bond donors (Lipinski definition) is 0. The van der Waals surface area contributed by atoms with Crippen molar-refractivity contribution in [3.05, 3.63) is 34.9 Å². The summed E-state index contributed by atoms with van der Waals surface area (Å²) in [7, 11) is 1.95. The van der Waals surface area contributed by atoms with Gasteiger partial charge in [-0.25, -0.2) is 0 Å². The lowest BCUT2D eigenvalue weighted by molar-refractivity contribution is -0.123. The van der Waals surface area contributed by atoms with Gasteiger partial charge in [0.05, 0.1) is 6.04 Å². The van der Waals surface area contributed by atoms with Gasteiger partial charge in [-0.3, -0.25) is 9.69 Å². The molecule has 0 spiro atoms. The van der Waals surface area contributed by atoms with Crippen LogP contribution in [0.1, 0.15) is 25.8 Å². The van der Waals surface area contributed by atoms with Crippen molar-refractivity contribution in [1.29, 1.82) is 0 Å². The second-order valence-corrected chi connectivity index (χ2v) is 4.41. The van der Waals surface area contributed by atoms with Gasteiger partial charge in [-0.15, -0.1) is 0 Å². The van der Waals surface area contributed by atoms with Gasteiger partial charge in [0.2, 0.25) is 0 Å². The molecule has 0 aliphatic heterocycles. The molecule has 1 atom stereocenters. The van der Waals surface area contributed by atoms with Crippen LogP contribution in [0.5, 0.6) is 0 Å². The summed E-state index contributed by atoms with van der Waals surface area (Å²) in [6.07, 6.45) is 0.577. The summed E-state index contributed by atoms with van der Waals surface area (Å²) in [6.45, 7) is 4.53. The van der Waals surface area contributed by atoms with Crippen molar-refractivity contribution >= 4 is 17.4 Å². The van der Waals surface area contributed by atoms with E-state index in [9.17, 15) is 4.79 Å². The Bertz CT molecular complexity index is 365. The van der Waals surface area contributed by atoms with Gasteiger partial charge in [0.1, 0.15) is 5.78 Å². The Labute approximate surface area is 102 Å². The van der Waals surface area contributed by atoms with Crippen molar-refractivity contribution < 1.29 is 4.79 Å². The number of hydrogen-bond acceptors (Lipinski definition) is 2. The highest BCUT2D eigenvalue weighted by Gasteiger charge is 2.16. The molecule has 0 bridgehead atoms. The van der Waals surface area contributed by atoms with Crippen molar-refractivity contribution in [2.24, 2.45) is 0 Å². The molecular formula is C13H18ClNO. The van der Waals surface area contributed by atoms with Gasteiger partial charge in [-0.05, 0) is 25.6 Å². The lowest BCUT2D eigenvalue weighted by atomic mass is 10.1. The third-order valence-corrected chi connectivity index (χ3v) is 3.22. The molecule has 0 N–H and O–H groups in total. The van der Waals surface area contributed by atoms with E-state index in [2.05, 4.69) is 0 Å². The van der Waals surface area contributed by atoms with Crippen LogP contribution in [0.2, 0.25) is 5.02 Å². The van der Waals surface area contributed by atoms with Crippen LogP contribution in [0.3, 0.4) is 0 Å². The molecule has 0 aromatic heterocycles. The van der Waals surface area contributed by atoms with Crippen molar-refractivity contribution in [1.82, 2.24) is 4.90 Å². The molecular weight excluding hydrogens is 222 g/mol. The molecule has 0 aliphatic rings. The standard InChI is InChI=1S/C13H18ClNO/c1-4-13(16)10(2)15(3)9-11-7-5-6-8-12(11)14/h5-8,10H,4,9H2,1-3H3. The predicted octanol–water partition coefficient (Wildman–Crippen LogP) is 3.14. The Hall–Kier alpha value is -0.860. The maximum atomic E-state index is 11.6. The van der Waals surface area contributed by atoms with E-state index in [-0.39, 0.29) is 11.8 Å². The largest absolute Gasteiger partial charge is 0.298 e. The molecule has 3 heteroatoms. The Morgan fingerprint density at radius 1 is 1.44 bits per heavy atom. The number of benzene rings is 1. The molecule has 2 nitrogen and oxygen atoms in total. The number of halogens is 1. The highest BCUT2D eigenvalue weighted by Crippen LogP contribution is 2.17. The first-order valence-corrected chi connectivity index (χ1v) is 5.90. The Morgan fingerprint density at radius 3 is 2.62 bits per heavy atom. The third-order valence-electron chi connectivity index (χ3n) is 2.85. The molecule has 1 unspecified atom stereocenters. The van der Waals surface area contributed by atoms with Gasteiger partial charge in [-0.1, -0.05) is 36.7 Å². The number of likely N-dealkylation sites (N-methyl/N-ethyl adjacent to an activating group) is 1. The molecule has 16 heavy (non-hydrogen) atoms. The average molecular weight is 240 g/mol. The van der Waals surface area contributed by atoms with Crippen molar-refractivity contribution in [3.8, 4) is 0 Å². The fourth-order valence-electron chi connectivity index (χ4n) is 1.57. The highest BCUT2D eigenvalue weighted by atomic mass is 35.5. The van der Waals surface area contributed by atoms with E-state index in [0.717, 1.165) is 10.6 Å². The molecule has 1 aromatic carbocycles. The Balaban J connectivity index is 2.68. The van der Waals surface area contributed by atoms with Crippen LogP contribution in [0.4, 0.5) is 0 Å². The summed E-state index contributed by atoms with van der Waals surface area (Å²) in [5, 5.41) is 0.755.